The Balaban J connectivity index is 1.50. The molecule has 3 aromatic rings. The van der Waals surface area contributed by atoms with Crippen LogP contribution in [0.15, 0.2) is 27.9 Å². The number of rotatable bonds is 6. The third-order valence-corrected chi connectivity index (χ3v) is 5.22. The highest BCUT2D eigenvalue weighted by molar-refractivity contribution is 7.17. The Bertz CT molecular complexity index is 881. The van der Waals surface area contributed by atoms with Gasteiger partial charge in [0.1, 0.15) is 11.2 Å². The molecule has 0 saturated heterocycles. The van der Waals surface area contributed by atoms with Crippen LogP contribution >= 0.6 is 22.7 Å². The summed E-state index contributed by atoms with van der Waals surface area (Å²) in [4.78, 5) is 32.7. The fourth-order valence-electron chi connectivity index (χ4n) is 2.19. The molecule has 8 heteroatoms. The van der Waals surface area contributed by atoms with Crippen LogP contribution in [0.2, 0.25) is 0 Å². The second-order valence-electron chi connectivity index (χ2n) is 5.15. The van der Waals surface area contributed by atoms with E-state index in [0.29, 0.717) is 16.8 Å². The van der Waals surface area contributed by atoms with Crippen molar-refractivity contribution in [2.75, 3.05) is 6.54 Å². The fourth-order valence-corrected chi connectivity index (χ4v) is 3.80. The Hall–Kier alpha value is -2.06. The van der Waals surface area contributed by atoms with Crippen molar-refractivity contribution >= 4 is 38.8 Å². The standard InChI is InChI=1S/C15H16N4O2S2/c1-10-8-23-13(18-10)3-2-5-16-12(20)7-19-9-17-11-4-6-22-14(11)15(19)21/h4,6,8-9H,2-3,5,7H2,1H3,(H,16,20). The summed E-state index contributed by atoms with van der Waals surface area (Å²) in [6.07, 6.45) is 3.10. The Morgan fingerprint density at radius 3 is 3.04 bits per heavy atom. The lowest BCUT2D eigenvalue weighted by molar-refractivity contribution is -0.121. The van der Waals surface area contributed by atoms with Crippen molar-refractivity contribution in [1.29, 1.82) is 0 Å². The largest absolute Gasteiger partial charge is 0.355 e. The van der Waals surface area contributed by atoms with E-state index in [4.69, 9.17) is 0 Å². The van der Waals surface area contributed by atoms with Gasteiger partial charge in [0.15, 0.2) is 0 Å². The molecule has 0 aliphatic heterocycles. The first kappa shape index (κ1) is 15.8. The number of aromatic nitrogens is 3. The Kier molecular flexibility index (Phi) is 4.82. The minimum atomic E-state index is -0.180. The summed E-state index contributed by atoms with van der Waals surface area (Å²) < 4.78 is 1.93. The third-order valence-electron chi connectivity index (χ3n) is 3.31. The molecule has 0 unspecified atom stereocenters. The van der Waals surface area contributed by atoms with Crippen LogP contribution in [0.5, 0.6) is 0 Å². The number of hydrogen-bond acceptors (Lipinski definition) is 6. The molecule has 120 valence electrons. The predicted molar refractivity (Wildman–Crippen MR) is 92.1 cm³/mol. The first-order valence-corrected chi connectivity index (χ1v) is 9.00. The summed E-state index contributed by atoms with van der Waals surface area (Å²) in [6, 6.07) is 1.80. The molecule has 1 amide bonds. The lowest BCUT2D eigenvalue weighted by Crippen LogP contribution is -2.32. The summed E-state index contributed by atoms with van der Waals surface area (Å²) in [6.45, 7) is 2.54. The number of amides is 1. The molecule has 1 N–H and O–H groups in total. The molecule has 0 atom stereocenters. The van der Waals surface area contributed by atoms with Crippen molar-refractivity contribution in [1.82, 2.24) is 19.9 Å². The van der Waals surface area contributed by atoms with Gasteiger partial charge in [0, 0.05) is 24.0 Å². The first-order valence-electron chi connectivity index (χ1n) is 7.24. The van der Waals surface area contributed by atoms with Gasteiger partial charge >= 0.3 is 0 Å². The molecule has 0 bridgehead atoms. The fraction of sp³-hybridized carbons (Fsp3) is 0.333. The van der Waals surface area contributed by atoms with E-state index in [1.54, 1.807) is 17.4 Å². The zero-order valence-corrected chi connectivity index (χ0v) is 14.2. The molecule has 6 nitrogen and oxygen atoms in total. The van der Waals surface area contributed by atoms with Crippen molar-refractivity contribution in [3.05, 3.63) is 44.2 Å². The van der Waals surface area contributed by atoms with E-state index in [2.05, 4.69) is 15.3 Å². The van der Waals surface area contributed by atoms with Gasteiger partial charge in [-0.3, -0.25) is 14.2 Å². The van der Waals surface area contributed by atoms with Crippen molar-refractivity contribution < 1.29 is 4.79 Å². The van der Waals surface area contributed by atoms with Crippen LogP contribution in [-0.4, -0.2) is 27.0 Å². The van der Waals surface area contributed by atoms with Crippen LogP contribution in [0.25, 0.3) is 10.2 Å². The van der Waals surface area contributed by atoms with Gasteiger partial charge in [-0.25, -0.2) is 9.97 Å². The molecule has 0 aromatic carbocycles. The van der Waals surface area contributed by atoms with Gasteiger partial charge in [0.2, 0.25) is 5.91 Å². The maximum absolute atomic E-state index is 12.2. The lowest BCUT2D eigenvalue weighted by Gasteiger charge is -2.06. The van der Waals surface area contributed by atoms with E-state index >= 15 is 0 Å². The maximum Gasteiger partial charge on any atom is 0.271 e. The second kappa shape index (κ2) is 7.01. The summed E-state index contributed by atoms with van der Waals surface area (Å²) >= 11 is 2.98. The van der Waals surface area contributed by atoms with E-state index in [1.807, 2.05) is 17.7 Å². The van der Waals surface area contributed by atoms with E-state index in [9.17, 15) is 9.59 Å². The minimum Gasteiger partial charge on any atom is -0.355 e. The number of carbonyl (C=O) groups excluding carboxylic acids is 1. The molecule has 0 aliphatic rings. The van der Waals surface area contributed by atoms with Crippen LogP contribution in [0.3, 0.4) is 0 Å². The predicted octanol–water partition coefficient (Wildman–Crippen LogP) is 1.97. The van der Waals surface area contributed by atoms with Crippen molar-refractivity contribution in [2.45, 2.75) is 26.3 Å². The summed E-state index contributed by atoms with van der Waals surface area (Å²) in [7, 11) is 0. The molecule has 0 spiro atoms. The molecule has 3 aromatic heterocycles. The van der Waals surface area contributed by atoms with Gasteiger partial charge in [0.05, 0.1) is 16.9 Å². The van der Waals surface area contributed by atoms with Crippen LogP contribution in [0, 0.1) is 6.92 Å². The van der Waals surface area contributed by atoms with Crippen molar-refractivity contribution in [3.8, 4) is 0 Å². The topological polar surface area (TPSA) is 76.9 Å². The minimum absolute atomic E-state index is 0.00394. The highest BCUT2D eigenvalue weighted by Gasteiger charge is 2.08. The van der Waals surface area contributed by atoms with Crippen molar-refractivity contribution in [3.63, 3.8) is 0 Å². The number of nitrogens with zero attached hydrogens (tertiary/aromatic N) is 3. The first-order chi connectivity index (χ1) is 11.1. The number of hydrogen-bond donors (Lipinski definition) is 1. The Labute approximate surface area is 140 Å². The van der Waals surface area contributed by atoms with Gasteiger partial charge in [-0.15, -0.1) is 22.7 Å². The van der Waals surface area contributed by atoms with Crippen molar-refractivity contribution in [2.24, 2.45) is 0 Å². The van der Waals surface area contributed by atoms with Crippen LogP contribution in [-0.2, 0) is 17.8 Å². The molecule has 0 fully saturated rings. The van der Waals surface area contributed by atoms with Gasteiger partial charge < -0.3 is 5.32 Å². The molecule has 0 radical (unpaired) electrons. The number of fused-ring (bicyclic) bond motifs is 1. The Morgan fingerprint density at radius 1 is 1.39 bits per heavy atom. The zero-order valence-electron chi connectivity index (χ0n) is 12.6. The monoisotopic (exact) mass is 348 g/mol. The normalized spacial score (nSPS) is 11.0. The maximum atomic E-state index is 12.2. The molecule has 0 aliphatic carbocycles. The highest BCUT2D eigenvalue weighted by Crippen LogP contribution is 2.13. The second-order valence-corrected chi connectivity index (χ2v) is 7.01. The molecule has 3 rings (SSSR count). The van der Waals surface area contributed by atoms with E-state index in [-0.39, 0.29) is 18.0 Å². The van der Waals surface area contributed by atoms with Gasteiger partial charge in [-0.05, 0) is 24.8 Å². The lowest BCUT2D eigenvalue weighted by atomic mass is 10.3. The van der Waals surface area contributed by atoms with E-state index < -0.39 is 0 Å². The van der Waals surface area contributed by atoms with Gasteiger partial charge in [0.25, 0.3) is 5.56 Å². The molecule has 23 heavy (non-hydrogen) atoms. The van der Waals surface area contributed by atoms with Gasteiger partial charge in [-0.2, -0.15) is 0 Å². The average molecular weight is 348 g/mol. The van der Waals surface area contributed by atoms with E-state index in [1.165, 1.54) is 22.2 Å². The smallest absolute Gasteiger partial charge is 0.271 e. The average Bonchev–Trinajstić information content (AvgIpc) is 3.16. The number of thiazole rings is 1. The zero-order chi connectivity index (χ0) is 16.2. The van der Waals surface area contributed by atoms with E-state index in [0.717, 1.165) is 23.5 Å². The van der Waals surface area contributed by atoms with Gasteiger partial charge in [-0.1, -0.05) is 0 Å². The molecular weight excluding hydrogens is 332 g/mol. The quantitative estimate of drug-likeness (QED) is 0.691. The highest BCUT2D eigenvalue weighted by atomic mass is 32.1. The summed E-state index contributed by atoms with van der Waals surface area (Å²) in [5.41, 5.74) is 1.54. The molecule has 3 heterocycles. The number of carbonyl (C=O) groups is 1. The van der Waals surface area contributed by atoms with Crippen LogP contribution in [0.4, 0.5) is 0 Å². The SMILES string of the molecule is Cc1csc(CCCNC(=O)Cn2cnc3ccsc3c2=O)n1. The van der Waals surface area contributed by atoms with Crippen LogP contribution in [0.1, 0.15) is 17.1 Å². The number of thiophene rings is 1. The third kappa shape index (κ3) is 3.83. The molecular formula is C15H16N4O2S2. The summed E-state index contributed by atoms with van der Waals surface area (Å²) in [5.74, 6) is -0.180. The molecule has 0 saturated carbocycles. The summed E-state index contributed by atoms with van der Waals surface area (Å²) in [5, 5.41) is 7.76. The Morgan fingerprint density at radius 2 is 2.26 bits per heavy atom. The number of nitrogens with one attached hydrogen (secondary N) is 1. The number of aryl methyl sites for hydroxylation is 2. The van der Waals surface area contributed by atoms with Crippen LogP contribution < -0.4 is 10.9 Å².